The van der Waals surface area contributed by atoms with Gasteiger partial charge in [-0.3, -0.25) is 4.79 Å². The number of halogens is 1. The zero-order chi connectivity index (χ0) is 15.4. The Hall–Kier alpha value is -1.86. The van der Waals surface area contributed by atoms with E-state index in [4.69, 9.17) is 16.7 Å². The van der Waals surface area contributed by atoms with Gasteiger partial charge >= 0.3 is 12.0 Å². The maximum atomic E-state index is 11.8. The first-order valence-electron chi connectivity index (χ1n) is 6.21. The molecule has 0 radical (unpaired) electrons. The zero-order valence-electron chi connectivity index (χ0n) is 11.3. The summed E-state index contributed by atoms with van der Waals surface area (Å²) in [7, 11) is 1.55. The van der Waals surface area contributed by atoms with Crippen LogP contribution in [-0.2, 0) is 11.3 Å². The van der Waals surface area contributed by atoms with Gasteiger partial charge in [-0.1, -0.05) is 11.6 Å². The van der Waals surface area contributed by atoms with E-state index in [-0.39, 0.29) is 19.0 Å². The van der Waals surface area contributed by atoms with E-state index in [9.17, 15) is 9.59 Å². The molecule has 0 aliphatic heterocycles. The Labute approximate surface area is 130 Å². The molecule has 8 heteroatoms. The second-order valence-corrected chi connectivity index (χ2v) is 6.00. The average molecular weight is 328 g/mol. The number of carbonyl (C=O) groups excluding carboxylic acids is 1. The number of nitrogens with one attached hydrogen (secondary N) is 1. The molecule has 0 unspecified atom stereocenters. The molecular weight excluding hydrogens is 314 g/mol. The molecule has 112 valence electrons. The quantitative estimate of drug-likeness (QED) is 0.884. The zero-order valence-corrected chi connectivity index (χ0v) is 12.9. The summed E-state index contributed by atoms with van der Waals surface area (Å²) in [5, 5.41) is 12.7. The van der Waals surface area contributed by atoms with Crippen molar-refractivity contribution in [1.82, 2.24) is 15.2 Å². The number of fused-ring (bicyclic) bond motifs is 1. The smallest absolute Gasteiger partial charge is 0.317 e. The molecule has 0 saturated heterocycles. The lowest BCUT2D eigenvalue weighted by atomic mass is 10.3. The normalized spacial score (nSPS) is 10.6. The summed E-state index contributed by atoms with van der Waals surface area (Å²) in [4.78, 5) is 27.9. The second kappa shape index (κ2) is 6.73. The number of thiazole rings is 1. The largest absolute Gasteiger partial charge is 0.481 e. The number of aliphatic carboxylic acids is 1. The number of carbonyl (C=O) groups is 2. The Balaban J connectivity index is 1.91. The summed E-state index contributed by atoms with van der Waals surface area (Å²) in [6, 6.07) is 5.13. The molecule has 0 saturated carbocycles. The predicted octanol–water partition coefficient (Wildman–Crippen LogP) is 2.57. The fourth-order valence-corrected chi connectivity index (χ4v) is 2.73. The number of hydrogen-bond donors (Lipinski definition) is 2. The summed E-state index contributed by atoms with van der Waals surface area (Å²) >= 11 is 7.38. The van der Waals surface area contributed by atoms with Crippen LogP contribution in [0.2, 0.25) is 5.02 Å². The van der Waals surface area contributed by atoms with E-state index in [0.29, 0.717) is 11.6 Å². The van der Waals surface area contributed by atoms with Crippen LogP contribution in [0.15, 0.2) is 18.2 Å². The highest BCUT2D eigenvalue weighted by Gasteiger charge is 2.11. The number of carboxylic acids is 1. The molecule has 0 atom stereocenters. The molecule has 0 aliphatic carbocycles. The lowest BCUT2D eigenvalue weighted by Crippen LogP contribution is -2.37. The highest BCUT2D eigenvalue weighted by atomic mass is 35.5. The average Bonchev–Trinajstić information content (AvgIpc) is 2.83. The van der Waals surface area contributed by atoms with Crippen LogP contribution in [-0.4, -0.2) is 40.6 Å². The van der Waals surface area contributed by atoms with Gasteiger partial charge in [-0.05, 0) is 18.2 Å². The number of hydrogen-bond acceptors (Lipinski definition) is 4. The van der Waals surface area contributed by atoms with Crippen LogP contribution >= 0.6 is 22.9 Å². The van der Waals surface area contributed by atoms with Gasteiger partial charge in [-0.25, -0.2) is 9.78 Å². The molecule has 0 spiro atoms. The first-order chi connectivity index (χ1) is 9.95. The molecule has 2 rings (SSSR count). The van der Waals surface area contributed by atoms with Gasteiger partial charge in [-0.2, -0.15) is 0 Å². The number of aromatic nitrogens is 1. The summed E-state index contributed by atoms with van der Waals surface area (Å²) in [5.74, 6) is -0.933. The molecule has 0 fully saturated rings. The Bertz CT molecular complexity index is 674. The molecule has 1 aromatic carbocycles. The first kappa shape index (κ1) is 15.5. The lowest BCUT2D eigenvalue weighted by molar-refractivity contribution is -0.137. The minimum absolute atomic E-state index is 0.0798. The van der Waals surface area contributed by atoms with Crippen molar-refractivity contribution in [2.75, 3.05) is 13.6 Å². The number of amides is 2. The van der Waals surface area contributed by atoms with Crippen molar-refractivity contribution in [2.45, 2.75) is 13.0 Å². The van der Waals surface area contributed by atoms with Gasteiger partial charge < -0.3 is 15.3 Å². The van der Waals surface area contributed by atoms with E-state index in [1.807, 2.05) is 6.07 Å². The fourth-order valence-electron chi connectivity index (χ4n) is 1.67. The molecular formula is C13H14ClN3O3S. The fraction of sp³-hybridized carbons (Fsp3) is 0.308. The van der Waals surface area contributed by atoms with Gasteiger partial charge in [0.05, 0.1) is 23.2 Å². The van der Waals surface area contributed by atoms with Crippen LogP contribution in [0.5, 0.6) is 0 Å². The summed E-state index contributed by atoms with van der Waals surface area (Å²) in [6.07, 6.45) is -0.0798. The minimum atomic E-state index is -0.933. The monoisotopic (exact) mass is 327 g/mol. The first-order valence-corrected chi connectivity index (χ1v) is 7.41. The van der Waals surface area contributed by atoms with Crippen LogP contribution < -0.4 is 5.32 Å². The molecule has 0 bridgehead atoms. The predicted molar refractivity (Wildman–Crippen MR) is 81.7 cm³/mol. The van der Waals surface area contributed by atoms with Crippen molar-refractivity contribution in [3.8, 4) is 0 Å². The number of rotatable bonds is 5. The van der Waals surface area contributed by atoms with Crippen molar-refractivity contribution in [3.63, 3.8) is 0 Å². The highest BCUT2D eigenvalue weighted by molar-refractivity contribution is 7.18. The van der Waals surface area contributed by atoms with E-state index < -0.39 is 5.97 Å². The summed E-state index contributed by atoms with van der Waals surface area (Å²) < 4.78 is 1.00. The van der Waals surface area contributed by atoms with E-state index in [1.54, 1.807) is 19.2 Å². The molecule has 2 N–H and O–H groups in total. The Kier molecular flexibility index (Phi) is 4.98. The van der Waals surface area contributed by atoms with E-state index in [0.717, 1.165) is 15.2 Å². The number of benzene rings is 1. The molecule has 1 aromatic heterocycles. The third-order valence-corrected chi connectivity index (χ3v) is 4.06. The summed E-state index contributed by atoms with van der Waals surface area (Å²) in [6.45, 7) is 0.462. The molecule has 6 nitrogen and oxygen atoms in total. The van der Waals surface area contributed by atoms with E-state index in [1.165, 1.54) is 16.2 Å². The van der Waals surface area contributed by atoms with Crippen molar-refractivity contribution < 1.29 is 14.7 Å². The maximum absolute atomic E-state index is 11.8. The lowest BCUT2D eigenvalue weighted by Gasteiger charge is -2.16. The Morgan fingerprint density at radius 2 is 2.24 bits per heavy atom. The molecule has 2 amide bonds. The van der Waals surface area contributed by atoms with Gasteiger partial charge in [0, 0.05) is 18.6 Å². The third kappa shape index (κ3) is 4.30. The maximum Gasteiger partial charge on any atom is 0.317 e. The Morgan fingerprint density at radius 1 is 1.48 bits per heavy atom. The topological polar surface area (TPSA) is 82.5 Å². The van der Waals surface area contributed by atoms with Crippen LogP contribution in [0.3, 0.4) is 0 Å². The van der Waals surface area contributed by atoms with Crippen molar-refractivity contribution in [2.24, 2.45) is 0 Å². The molecule has 2 aromatic rings. The van der Waals surface area contributed by atoms with Gasteiger partial charge in [0.1, 0.15) is 5.01 Å². The minimum Gasteiger partial charge on any atom is -0.481 e. The Morgan fingerprint density at radius 3 is 2.95 bits per heavy atom. The van der Waals surface area contributed by atoms with Gasteiger partial charge in [-0.15, -0.1) is 11.3 Å². The number of nitrogens with zero attached hydrogens (tertiary/aromatic N) is 2. The molecule has 0 aliphatic rings. The van der Waals surface area contributed by atoms with Crippen molar-refractivity contribution in [3.05, 3.63) is 28.2 Å². The third-order valence-electron chi connectivity index (χ3n) is 2.79. The number of carboxylic acid groups (broad SMARTS) is 1. The van der Waals surface area contributed by atoms with Crippen LogP contribution in [0.1, 0.15) is 11.4 Å². The van der Waals surface area contributed by atoms with Crippen LogP contribution in [0.25, 0.3) is 10.2 Å². The molecule has 21 heavy (non-hydrogen) atoms. The van der Waals surface area contributed by atoms with Gasteiger partial charge in [0.25, 0.3) is 0 Å². The van der Waals surface area contributed by atoms with Gasteiger partial charge in [0.15, 0.2) is 0 Å². The van der Waals surface area contributed by atoms with Crippen molar-refractivity contribution in [1.29, 1.82) is 0 Å². The second-order valence-electron chi connectivity index (χ2n) is 4.44. The summed E-state index contributed by atoms with van der Waals surface area (Å²) in [5.41, 5.74) is 0.802. The van der Waals surface area contributed by atoms with E-state index >= 15 is 0 Å². The number of urea groups is 1. The molecule has 1 heterocycles. The van der Waals surface area contributed by atoms with Crippen molar-refractivity contribution >= 4 is 45.2 Å². The van der Waals surface area contributed by atoms with Crippen LogP contribution in [0.4, 0.5) is 4.79 Å². The van der Waals surface area contributed by atoms with Crippen LogP contribution in [0, 0.1) is 0 Å². The van der Waals surface area contributed by atoms with E-state index in [2.05, 4.69) is 10.3 Å². The standard InChI is InChI=1S/C13H14ClN3O3S/c1-17(5-4-12(18)19)13(20)15-7-11-16-9-6-8(14)2-3-10(9)21-11/h2-3,6H,4-5,7H2,1H3,(H,15,20)(H,18,19). The SMILES string of the molecule is CN(CCC(=O)O)C(=O)NCc1nc2cc(Cl)ccc2s1. The highest BCUT2D eigenvalue weighted by Crippen LogP contribution is 2.24. The van der Waals surface area contributed by atoms with Gasteiger partial charge in [0.2, 0.25) is 0 Å².